The molecule has 1 atom stereocenters. The number of para-hydroxylation sites is 1. The molecule has 0 radical (unpaired) electrons. The number of ether oxygens (including phenoxy) is 1. The molecule has 0 bridgehead atoms. The molecule has 7 heteroatoms. The second-order valence-corrected chi connectivity index (χ2v) is 8.70. The monoisotopic (exact) mass is 336 g/mol. The molecule has 0 aliphatic carbocycles. The summed E-state index contributed by atoms with van der Waals surface area (Å²) in [5.74, 6) is 0.134. The second-order valence-electron chi connectivity index (χ2n) is 4.90. The quantitative estimate of drug-likeness (QED) is 0.837. The molecule has 0 fully saturated rings. The van der Waals surface area contributed by atoms with Crippen molar-refractivity contribution in [2.24, 2.45) is 0 Å². The van der Waals surface area contributed by atoms with Crippen LogP contribution in [0.3, 0.4) is 0 Å². The average molecular weight is 336 g/mol. The highest BCUT2D eigenvalue weighted by atomic mass is 32.7. The maximum Gasteiger partial charge on any atom is 0.388 e. The third kappa shape index (κ3) is 2.96. The molecule has 0 amide bonds. The Morgan fingerprint density at radius 3 is 2.36 bits per heavy atom. The third-order valence-electron chi connectivity index (χ3n) is 3.34. The molecule has 22 heavy (non-hydrogen) atoms. The molecule has 1 unspecified atom stereocenters. The van der Waals surface area contributed by atoms with Gasteiger partial charge in [0.1, 0.15) is 5.75 Å². The first-order valence-electron chi connectivity index (χ1n) is 6.53. The fraction of sp³-hybridized carbons (Fsp3) is 0.133. The van der Waals surface area contributed by atoms with Crippen molar-refractivity contribution in [3.05, 3.63) is 65.7 Å². The Kier molecular flexibility index (Phi) is 3.87. The van der Waals surface area contributed by atoms with Gasteiger partial charge in [0.05, 0.1) is 12.0 Å². The van der Waals surface area contributed by atoms with Crippen LogP contribution in [-0.4, -0.2) is 15.6 Å². The van der Waals surface area contributed by atoms with Crippen LogP contribution in [0.15, 0.2) is 54.6 Å². The Bertz CT molecular complexity index is 758. The fourth-order valence-corrected chi connectivity index (χ4v) is 5.18. The second kappa shape index (κ2) is 5.56. The van der Waals surface area contributed by atoms with Crippen molar-refractivity contribution in [1.82, 2.24) is 0 Å². The zero-order valence-corrected chi connectivity index (χ0v) is 13.1. The van der Waals surface area contributed by atoms with E-state index in [9.17, 15) is 19.1 Å². The van der Waals surface area contributed by atoms with Crippen LogP contribution in [0.2, 0.25) is 0 Å². The molecule has 0 aromatic heterocycles. The molecule has 3 rings (SSSR count). The maximum absolute atomic E-state index is 12.4. The van der Waals surface area contributed by atoms with E-state index >= 15 is 0 Å². The number of carbonyl (C=O) groups excluding carboxylic acids is 1. The topological polar surface area (TPSA) is 83.8 Å². The molecule has 1 aliphatic rings. The van der Waals surface area contributed by atoms with Gasteiger partial charge in [-0.3, -0.25) is 4.79 Å². The van der Waals surface area contributed by atoms with E-state index in [0.29, 0.717) is 28.3 Å². The van der Waals surface area contributed by atoms with Crippen LogP contribution in [0.25, 0.3) is 0 Å². The van der Waals surface area contributed by atoms with Crippen molar-refractivity contribution >= 4 is 24.0 Å². The minimum absolute atomic E-state index is 0.135. The van der Waals surface area contributed by atoms with Gasteiger partial charge in [-0.2, -0.15) is 0 Å². The van der Waals surface area contributed by atoms with Crippen LogP contribution in [0.4, 0.5) is 0 Å². The van der Waals surface area contributed by atoms with Gasteiger partial charge >= 0.3 is 6.80 Å². The van der Waals surface area contributed by atoms with Gasteiger partial charge < -0.3 is 14.5 Å². The first-order valence-corrected chi connectivity index (χ1v) is 9.56. The van der Waals surface area contributed by atoms with Crippen LogP contribution in [0.5, 0.6) is 5.75 Å². The summed E-state index contributed by atoms with van der Waals surface area (Å²) < 4.78 is 17.5. The van der Waals surface area contributed by atoms with Gasteiger partial charge in [-0.25, -0.2) is 4.57 Å². The number of hydrogen-bond acceptors (Lipinski definition) is 4. The predicted octanol–water partition coefficient (Wildman–Crippen LogP) is 3.33. The standard InChI is InChI=1S/C15H13O5PS/c16-13-10-15(22-21(17,18)19,11-6-2-1-3-7-11)20-14-9-5-4-8-12(13)14/h1-9H,10H2,(H2,17,18,19). The van der Waals surface area contributed by atoms with Gasteiger partial charge in [0.2, 0.25) is 0 Å². The number of fused-ring (bicyclic) bond motifs is 1. The Morgan fingerprint density at radius 1 is 1.05 bits per heavy atom. The Labute approximate surface area is 131 Å². The van der Waals surface area contributed by atoms with Crippen LogP contribution < -0.4 is 4.74 Å². The van der Waals surface area contributed by atoms with E-state index in [1.807, 2.05) is 0 Å². The number of hydrogen-bond donors (Lipinski definition) is 2. The molecule has 5 nitrogen and oxygen atoms in total. The SMILES string of the molecule is O=C1CC(SP(=O)(O)O)(c2ccccc2)Oc2ccccc21. The minimum atomic E-state index is -4.46. The Balaban J connectivity index is 2.13. The Hall–Kier alpha value is -1.59. The molecule has 0 saturated heterocycles. The molecule has 0 spiro atoms. The van der Waals surface area contributed by atoms with Gasteiger partial charge in [0, 0.05) is 16.9 Å². The van der Waals surface area contributed by atoms with Gasteiger partial charge in [0.15, 0.2) is 10.7 Å². The van der Waals surface area contributed by atoms with Crippen molar-refractivity contribution in [2.45, 2.75) is 11.4 Å². The van der Waals surface area contributed by atoms with Crippen molar-refractivity contribution < 1.29 is 23.9 Å². The lowest BCUT2D eigenvalue weighted by Gasteiger charge is -2.37. The zero-order valence-electron chi connectivity index (χ0n) is 11.4. The van der Waals surface area contributed by atoms with E-state index in [1.165, 1.54) is 0 Å². The summed E-state index contributed by atoms with van der Waals surface area (Å²) in [4.78, 5) is 29.8. The van der Waals surface area contributed by atoms with Crippen LogP contribution in [-0.2, 0) is 9.50 Å². The molecule has 2 aromatic carbocycles. The number of benzene rings is 2. The van der Waals surface area contributed by atoms with Crippen molar-refractivity contribution in [2.75, 3.05) is 0 Å². The minimum Gasteiger partial charge on any atom is -0.470 e. The number of ketones is 1. The largest absolute Gasteiger partial charge is 0.470 e. The summed E-state index contributed by atoms with van der Waals surface area (Å²) >= 11 is 0.369. The lowest BCUT2D eigenvalue weighted by Crippen LogP contribution is -2.36. The molecule has 0 saturated carbocycles. The normalized spacial score (nSPS) is 21.1. The number of carbonyl (C=O) groups is 1. The lowest BCUT2D eigenvalue weighted by molar-refractivity contribution is 0.0789. The summed E-state index contributed by atoms with van der Waals surface area (Å²) in [6, 6.07) is 15.4. The molecular weight excluding hydrogens is 323 g/mol. The van der Waals surface area contributed by atoms with E-state index < -0.39 is 11.7 Å². The summed E-state index contributed by atoms with van der Waals surface area (Å²) in [5.41, 5.74) is 0.978. The first-order chi connectivity index (χ1) is 10.4. The van der Waals surface area contributed by atoms with Crippen LogP contribution in [0.1, 0.15) is 22.3 Å². The third-order valence-corrected chi connectivity index (χ3v) is 5.93. The van der Waals surface area contributed by atoms with Crippen molar-refractivity contribution in [3.63, 3.8) is 0 Å². The molecule has 1 aliphatic heterocycles. The zero-order chi connectivity index (χ0) is 15.8. The van der Waals surface area contributed by atoms with E-state index in [0.717, 1.165) is 0 Å². The van der Waals surface area contributed by atoms with Crippen molar-refractivity contribution in [3.8, 4) is 5.75 Å². The summed E-state index contributed by atoms with van der Waals surface area (Å²) in [7, 11) is 0. The summed E-state index contributed by atoms with van der Waals surface area (Å²) in [6.07, 6.45) is -0.135. The average Bonchev–Trinajstić information content (AvgIpc) is 2.46. The maximum atomic E-state index is 12.4. The highest BCUT2D eigenvalue weighted by Crippen LogP contribution is 2.63. The highest BCUT2D eigenvalue weighted by molar-refractivity contribution is 8.54. The molecular formula is C15H13O5PS. The number of Topliss-reactive ketones (excluding diaryl/α,β-unsaturated/α-hetero) is 1. The van der Waals surface area contributed by atoms with Crippen LogP contribution >= 0.6 is 18.2 Å². The van der Waals surface area contributed by atoms with Gasteiger partial charge in [-0.1, -0.05) is 42.5 Å². The fourth-order valence-electron chi connectivity index (χ4n) is 2.46. The number of rotatable bonds is 3. The van der Waals surface area contributed by atoms with Gasteiger partial charge in [-0.15, -0.1) is 0 Å². The predicted molar refractivity (Wildman–Crippen MR) is 83.8 cm³/mol. The molecule has 2 aromatic rings. The van der Waals surface area contributed by atoms with E-state index in [2.05, 4.69) is 0 Å². The van der Waals surface area contributed by atoms with Gasteiger partial charge in [0.25, 0.3) is 0 Å². The summed E-state index contributed by atoms with van der Waals surface area (Å²) in [6.45, 7) is -4.46. The smallest absolute Gasteiger partial charge is 0.388 e. The molecule has 114 valence electrons. The van der Waals surface area contributed by atoms with E-state index in [1.54, 1.807) is 54.6 Å². The molecule has 2 N–H and O–H groups in total. The highest BCUT2D eigenvalue weighted by Gasteiger charge is 2.47. The first kappa shape index (κ1) is 15.3. The molecule has 1 heterocycles. The summed E-state index contributed by atoms with van der Waals surface area (Å²) in [5, 5.41) is 0. The lowest BCUT2D eigenvalue weighted by atomic mass is 9.96. The van der Waals surface area contributed by atoms with Crippen molar-refractivity contribution in [1.29, 1.82) is 0 Å². The Morgan fingerprint density at radius 2 is 1.68 bits per heavy atom. The van der Waals surface area contributed by atoms with Crippen LogP contribution in [0, 0.1) is 0 Å². The van der Waals surface area contributed by atoms with E-state index in [-0.39, 0.29) is 12.2 Å². The van der Waals surface area contributed by atoms with Gasteiger partial charge in [-0.05, 0) is 12.1 Å². The van der Waals surface area contributed by atoms with E-state index in [4.69, 9.17) is 4.74 Å².